The topological polar surface area (TPSA) is 49.9 Å². The van der Waals surface area contributed by atoms with Crippen LogP contribution in [0.1, 0.15) is 47.4 Å². The predicted octanol–water partition coefficient (Wildman–Crippen LogP) is 5.63. The zero-order valence-corrected chi connectivity index (χ0v) is 21.9. The van der Waals surface area contributed by atoms with Crippen LogP contribution in [-0.2, 0) is 22.4 Å². The highest BCUT2D eigenvalue weighted by Crippen LogP contribution is 2.34. The van der Waals surface area contributed by atoms with Crippen molar-refractivity contribution in [3.05, 3.63) is 100 Å². The van der Waals surface area contributed by atoms with Crippen molar-refractivity contribution in [2.45, 2.75) is 38.6 Å². The first-order valence-electron chi connectivity index (χ1n) is 12.5. The maximum Gasteiger partial charge on any atom is 0.242 e. The summed E-state index contributed by atoms with van der Waals surface area (Å²) >= 11 is 1.73. The van der Waals surface area contributed by atoms with Gasteiger partial charge < -0.3 is 14.5 Å². The molecular formula is C30H34N2O3S. The number of ether oxygens (including phenoxy) is 1. The van der Waals surface area contributed by atoms with Gasteiger partial charge in [0.25, 0.3) is 0 Å². The van der Waals surface area contributed by atoms with Crippen LogP contribution in [0.15, 0.2) is 78.7 Å². The van der Waals surface area contributed by atoms with E-state index in [9.17, 15) is 9.59 Å². The molecule has 0 N–H and O–H groups in total. The van der Waals surface area contributed by atoms with E-state index in [1.165, 1.54) is 10.4 Å². The normalized spacial score (nSPS) is 14.9. The number of amides is 2. The van der Waals surface area contributed by atoms with Crippen molar-refractivity contribution in [2.24, 2.45) is 0 Å². The molecule has 1 aliphatic heterocycles. The molecule has 0 spiro atoms. The summed E-state index contributed by atoms with van der Waals surface area (Å²) in [6, 6.07) is 19.7. The lowest BCUT2D eigenvalue weighted by Crippen LogP contribution is -2.48. The molecule has 1 aromatic heterocycles. The third kappa shape index (κ3) is 6.24. The molecule has 4 rings (SSSR count). The van der Waals surface area contributed by atoms with E-state index in [0.29, 0.717) is 25.6 Å². The molecule has 0 unspecified atom stereocenters. The minimum absolute atomic E-state index is 0.0245. The van der Waals surface area contributed by atoms with Gasteiger partial charge in [-0.05, 0) is 52.6 Å². The van der Waals surface area contributed by atoms with E-state index in [4.69, 9.17) is 4.74 Å². The van der Waals surface area contributed by atoms with Crippen LogP contribution in [-0.4, -0.2) is 47.9 Å². The Hall–Kier alpha value is -3.38. The monoisotopic (exact) mass is 502 g/mol. The maximum atomic E-state index is 13.6. The van der Waals surface area contributed by atoms with Crippen molar-refractivity contribution in [1.29, 1.82) is 0 Å². The van der Waals surface area contributed by atoms with Crippen molar-refractivity contribution >= 4 is 23.2 Å². The molecule has 188 valence electrons. The fourth-order valence-corrected chi connectivity index (χ4v) is 5.47. The zero-order valence-electron chi connectivity index (χ0n) is 21.1. The van der Waals surface area contributed by atoms with Gasteiger partial charge in [0.15, 0.2) is 0 Å². The first-order chi connectivity index (χ1) is 17.5. The largest absolute Gasteiger partial charge is 0.491 e. The Labute approximate surface area is 218 Å². The first kappa shape index (κ1) is 25.7. The second-order valence-corrected chi connectivity index (χ2v) is 10.4. The van der Waals surface area contributed by atoms with Crippen LogP contribution in [0.3, 0.4) is 0 Å². The van der Waals surface area contributed by atoms with Crippen LogP contribution in [0.4, 0.5) is 0 Å². The summed E-state index contributed by atoms with van der Waals surface area (Å²) in [6.07, 6.45) is 2.75. The number of rotatable bonds is 10. The third-order valence-corrected chi connectivity index (χ3v) is 7.59. The van der Waals surface area contributed by atoms with Crippen molar-refractivity contribution in [2.75, 3.05) is 26.2 Å². The second kappa shape index (κ2) is 12.0. The molecule has 5 nitrogen and oxygen atoms in total. The van der Waals surface area contributed by atoms with Crippen molar-refractivity contribution < 1.29 is 14.3 Å². The Morgan fingerprint density at radius 1 is 1.14 bits per heavy atom. The van der Waals surface area contributed by atoms with E-state index in [2.05, 4.69) is 44.0 Å². The number of hydrogen-bond acceptors (Lipinski definition) is 4. The smallest absolute Gasteiger partial charge is 0.242 e. The van der Waals surface area contributed by atoms with Gasteiger partial charge in [-0.1, -0.05) is 62.4 Å². The number of carbonyl (C=O) groups is 2. The predicted molar refractivity (Wildman–Crippen MR) is 145 cm³/mol. The Balaban J connectivity index is 1.47. The molecule has 1 atom stereocenters. The summed E-state index contributed by atoms with van der Waals surface area (Å²) in [7, 11) is 0. The van der Waals surface area contributed by atoms with E-state index in [1.807, 2.05) is 47.4 Å². The molecule has 2 amide bonds. The van der Waals surface area contributed by atoms with E-state index in [-0.39, 0.29) is 30.8 Å². The Morgan fingerprint density at radius 3 is 2.58 bits per heavy atom. The maximum absolute atomic E-state index is 13.6. The molecule has 0 aliphatic carbocycles. The van der Waals surface area contributed by atoms with Crippen LogP contribution >= 0.6 is 11.3 Å². The molecule has 3 aromatic rings. The highest BCUT2D eigenvalue weighted by atomic mass is 32.1. The number of nitrogens with zero attached hydrogens (tertiary/aromatic N) is 2. The third-order valence-electron chi connectivity index (χ3n) is 6.60. The average molecular weight is 503 g/mol. The van der Waals surface area contributed by atoms with Gasteiger partial charge in [-0.15, -0.1) is 17.9 Å². The SMILES string of the molecule is C=CCN(CC(=O)N1CCc2sccc2[C@H]1COc1ccc(C(C)C)cc1)C(=O)Cc1ccccc1. The van der Waals surface area contributed by atoms with Gasteiger partial charge in [0.1, 0.15) is 18.9 Å². The lowest BCUT2D eigenvalue weighted by molar-refractivity contribution is -0.142. The second-order valence-electron chi connectivity index (χ2n) is 9.41. The van der Waals surface area contributed by atoms with Crippen LogP contribution in [0.2, 0.25) is 0 Å². The molecule has 1 aliphatic rings. The van der Waals surface area contributed by atoms with Crippen molar-refractivity contribution in [3.63, 3.8) is 0 Å². The molecular weight excluding hydrogens is 468 g/mol. The van der Waals surface area contributed by atoms with Gasteiger partial charge in [0.2, 0.25) is 11.8 Å². The van der Waals surface area contributed by atoms with Gasteiger partial charge in [0, 0.05) is 18.0 Å². The summed E-state index contributed by atoms with van der Waals surface area (Å²) in [5.74, 6) is 1.10. The van der Waals surface area contributed by atoms with Crippen LogP contribution in [0.5, 0.6) is 5.75 Å². The molecule has 36 heavy (non-hydrogen) atoms. The van der Waals surface area contributed by atoms with Crippen molar-refractivity contribution in [3.8, 4) is 5.75 Å². The number of fused-ring (bicyclic) bond motifs is 1. The first-order valence-corrected chi connectivity index (χ1v) is 13.3. The Kier molecular flexibility index (Phi) is 8.60. The highest BCUT2D eigenvalue weighted by Gasteiger charge is 2.33. The van der Waals surface area contributed by atoms with Gasteiger partial charge >= 0.3 is 0 Å². The number of benzene rings is 2. The van der Waals surface area contributed by atoms with Gasteiger partial charge in [-0.25, -0.2) is 0 Å². The standard InChI is InChI=1S/C30H34N2O3S/c1-4-16-31(29(33)19-23-8-6-5-7-9-23)20-30(34)32-17-14-28-26(15-18-36-28)27(32)21-35-25-12-10-24(11-13-25)22(2)3/h4-13,15,18,22,27H,1,14,16-17,19-21H2,2-3H3/t27-/m1/s1. The summed E-state index contributed by atoms with van der Waals surface area (Å²) in [5.41, 5.74) is 3.34. The van der Waals surface area contributed by atoms with E-state index < -0.39 is 0 Å². The molecule has 0 radical (unpaired) electrons. The van der Waals surface area contributed by atoms with E-state index >= 15 is 0 Å². The van der Waals surface area contributed by atoms with Crippen LogP contribution < -0.4 is 4.74 Å². The molecule has 0 bridgehead atoms. The van der Waals surface area contributed by atoms with E-state index in [0.717, 1.165) is 23.3 Å². The minimum atomic E-state index is -0.188. The molecule has 6 heteroatoms. The summed E-state index contributed by atoms with van der Waals surface area (Å²) in [6.45, 7) is 9.46. The summed E-state index contributed by atoms with van der Waals surface area (Å²) in [5, 5.41) is 2.08. The van der Waals surface area contributed by atoms with Crippen LogP contribution in [0.25, 0.3) is 0 Å². The summed E-state index contributed by atoms with van der Waals surface area (Å²) in [4.78, 5) is 31.4. The number of carbonyl (C=O) groups excluding carboxylic acids is 2. The van der Waals surface area contributed by atoms with Gasteiger partial charge in [0.05, 0.1) is 12.5 Å². The fourth-order valence-electron chi connectivity index (χ4n) is 4.55. The highest BCUT2D eigenvalue weighted by molar-refractivity contribution is 7.10. The van der Waals surface area contributed by atoms with E-state index in [1.54, 1.807) is 22.3 Å². The molecule has 0 fully saturated rings. The fraction of sp³-hybridized carbons (Fsp3) is 0.333. The quantitative estimate of drug-likeness (QED) is 0.338. The minimum Gasteiger partial charge on any atom is -0.491 e. The zero-order chi connectivity index (χ0) is 25.5. The molecule has 2 aromatic carbocycles. The van der Waals surface area contributed by atoms with Crippen LogP contribution in [0, 0.1) is 0 Å². The Morgan fingerprint density at radius 2 is 1.89 bits per heavy atom. The molecule has 2 heterocycles. The Bertz CT molecular complexity index is 1170. The van der Waals surface area contributed by atoms with Crippen molar-refractivity contribution in [1.82, 2.24) is 9.80 Å². The molecule has 0 saturated heterocycles. The van der Waals surface area contributed by atoms with Gasteiger partial charge in [-0.3, -0.25) is 9.59 Å². The average Bonchev–Trinajstić information content (AvgIpc) is 3.37. The number of thiophene rings is 1. The lowest BCUT2D eigenvalue weighted by Gasteiger charge is -2.37. The lowest BCUT2D eigenvalue weighted by atomic mass is 10.00. The summed E-state index contributed by atoms with van der Waals surface area (Å²) < 4.78 is 6.18. The van der Waals surface area contributed by atoms with Gasteiger partial charge in [-0.2, -0.15) is 0 Å². The molecule has 0 saturated carbocycles. The number of hydrogen-bond donors (Lipinski definition) is 0.